The highest BCUT2D eigenvalue weighted by molar-refractivity contribution is 8.13. The molecule has 0 aromatic rings. The molecule has 0 aromatic heterocycles. The van der Waals surface area contributed by atoms with Gasteiger partial charge in [-0.3, -0.25) is 14.4 Å². The van der Waals surface area contributed by atoms with Crippen LogP contribution in [0.5, 0.6) is 0 Å². The quantitative estimate of drug-likeness (QED) is 0.556. The average molecular weight is 247 g/mol. The molecule has 0 bridgehead atoms. The number of carbonyl (C=O) groups excluding carboxylic acids is 2. The molecule has 0 atom stereocenters. The average Bonchev–Trinajstić information content (AvgIpc) is 2.09. The second kappa shape index (κ2) is 6.52. The Bertz CT molecular complexity index is 283. The van der Waals surface area contributed by atoms with Crippen molar-refractivity contribution < 1.29 is 19.5 Å². The van der Waals surface area contributed by atoms with Gasteiger partial charge < -0.3 is 10.4 Å². The van der Waals surface area contributed by atoms with Gasteiger partial charge in [0, 0.05) is 17.7 Å². The van der Waals surface area contributed by atoms with Crippen molar-refractivity contribution in [2.24, 2.45) is 5.41 Å². The largest absolute Gasteiger partial charge is 0.481 e. The van der Waals surface area contributed by atoms with Crippen molar-refractivity contribution in [1.82, 2.24) is 5.32 Å². The fourth-order valence-electron chi connectivity index (χ4n) is 0.769. The molecule has 0 aliphatic carbocycles. The Balaban J connectivity index is 3.65. The SMILES string of the molecule is CC(C)(C)C(=O)NCCSC(=O)CC(=O)O. The molecule has 0 aromatic carbocycles. The van der Waals surface area contributed by atoms with E-state index < -0.39 is 22.9 Å². The molecule has 0 aliphatic heterocycles. The smallest absolute Gasteiger partial charge is 0.311 e. The highest BCUT2D eigenvalue weighted by Crippen LogP contribution is 2.12. The monoisotopic (exact) mass is 247 g/mol. The summed E-state index contributed by atoms with van der Waals surface area (Å²) in [6.45, 7) is 5.76. The van der Waals surface area contributed by atoms with Crippen LogP contribution in [0.3, 0.4) is 0 Å². The van der Waals surface area contributed by atoms with E-state index in [4.69, 9.17) is 5.11 Å². The third kappa shape index (κ3) is 7.28. The molecule has 0 spiro atoms. The van der Waals surface area contributed by atoms with Gasteiger partial charge in [0.15, 0.2) is 5.12 Å². The normalized spacial score (nSPS) is 10.9. The van der Waals surface area contributed by atoms with Crippen LogP contribution in [0.1, 0.15) is 27.2 Å². The van der Waals surface area contributed by atoms with Crippen molar-refractivity contribution in [1.29, 1.82) is 0 Å². The van der Waals surface area contributed by atoms with Crippen LogP contribution >= 0.6 is 11.8 Å². The zero-order valence-corrected chi connectivity index (χ0v) is 10.5. The predicted molar refractivity (Wildman–Crippen MR) is 62.2 cm³/mol. The summed E-state index contributed by atoms with van der Waals surface area (Å²) in [6, 6.07) is 0. The van der Waals surface area contributed by atoms with E-state index in [-0.39, 0.29) is 5.91 Å². The van der Waals surface area contributed by atoms with Gasteiger partial charge in [-0.2, -0.15) is 0 Å². The third-order valence-corrected chi connectivity index (χ3v) is 2.50. The number of carbonyl (C=O) groups is 3. The van der Waals surface area contributed by atoms with Crippen molar-refractivity contribution in [2.45, 2.75) is 27.2 Å². The molecule has 92 valence electrons. The molecular formula is C10H17NO4S. The summed E-state index contributed by atoms with van der Waals surface area (Å²) in [5.41, 5.74) is -0.449. The first-order chi connectivity index (χ1) is 7.23. The third-order valence-electron chi connectivity index (χ3n) is 1.63. The van der Waals surface area contributed by atoms with Crippen LogP contribution in [-0.4, -0.2) is 34.4 Å². The van der Waals surface area contributed by atoms with E-state index >= 15 is 0 Å². The number of aliphatic carboxylic acids is 1. The van der Waals surface area contributed by atoms with Gasteiger partial charge in [0.2, 0.25) is 5.91 Å². The van der Waals surface area contributed by atoms with Crippen molar-refractivity contribution >= 4 is 28.8 Å². The Kier molecular flexibility index (Phi) is 6.10. The van der Waals surface area contributed by atoms with Gasteiger partial charge in [-0.05, 0) is 0 Å². The van der Waals surface area contributed by atoms with E-state index in [1.807, 2.05) is 0 Å². The summed E-state index contributed by atoms with van der Waals surface area (Å²) >= 11 is 0.923. The fraction of sp³-hybridized carbons (Fsp3) is 0.700. The Hall–Kier alpha value is -1.04. The molecule has 0 aliphatic rings. The fourth-order valence-corrected chi connectivity index (χ4v) is 1.43. The molecule has 0 saturated heterocycles. The molecule has 5 nitrogen and oxygen atoms in total. The number of nitrogens with one attached hydrogen (secondary N) is 1. The number of hydrogen-bond donors (Lipinski definition) is 2. The number of carboxylic acid groups (broad SMARTS) is 1. The Morgan fingerprint density at radius 3 is 2.25 bits per heavy atom. The van der Waals surface area contributed by atoms with Crippen LogP contribution < -0.4 is 5.32 Å². The van der Waals surface area contributed by atoms with Crippen LogP contribution in [0.15, 0.2) is 0 Å². The summed E-state index contributed by atoms with van der Waals surface area (Å²) < 4.78 is 0. The van der Waals surface area contributed by atoms with Gasteiger partial charge in [0.1, 0.15) is 6.42 Å². The lowest BCUT2D eigenvalue weighted by Gasteiger charge is -2.17. The zero-order valence-electron chi connectivity index (χ0n) is 9.70. The summed E-state index contributed by atoms with van der Waals surface area (Å²) in [5.74, 6) is -0.816. The zero-order chi connectivity index (χ0) is 12.8. The molecule has 0 radical (unpaired) electrons. The van der Waals surface area contributed by atoms with Crippen LogP contribution in [-0.2, 0) is 14.4 Å². The van der Waals surface area contributed by atoms with E-state index in [1.165, 1.54) is 0 Å². The predicted octanol–water partition coefficient (Wildman–Crippen LogP) is 0.883. The highest BCUT2D eigenvalue weighted by atomic mass is 32.2. The standard InChI is InChI=1S/C10H17NO4S/c1-10(2,3)9(15)11-4-5-16-8(14)6-7(12)13/h4-6H2,1-3H3,(H,11,15)(H,12,13). The second-order valence-corrected chi connectivity index (χ2v) is 5.45. The van der Waals surface area contributed by atoms with E-state index in [0.717, 1.165) is 11.8 Å². The van der Waals surface area contributed by atoms with Gasteiger partial charge in [-0.15, -0.1) is 0 Å². The van der Waals surface area contributed by atoms with Gasteiger partial charge in [-0.25, -0.2) is 0 Å². The Morgan fingerprint density at radius 1 is 1.25 bits per heavy atom. The molecular weight excluding hydrogens is 230 g/mol. The minimum absolute atomic E-state index is 0.0845. The Labute approximate surface area is 99.0 Å². The minimum Gasteiger partial charge on any atom is -0.481 e. The minimum atomic E-state index is -1.13. The first kappa shape index (κ1) is 15.0. The molecule has 16 heavy (non-hydrogen) atoms. The number of carboxylic acids is 1. The van der Waals surface area contributed by atoms with Gasteiger partial charge in [0.05, 0.1) is 0 Å². The topological polar surface area (TPSA) is 83.5 Å². The van der Waals surface area contributed by atoms with Crippen molar-refractivity contribution in [3.05, 3.63) is 0 Å². The van der Waals surface area contributed by atoms with Crippen molar-refractivity contribution in [3.8, 4) is 0 Å². The number of rotatable bonds is 5. The Morgan fingerprint density at radius 2 is 1.81 bits per heavy atom. The number of amides is 1. The first-order valence-electron chi connectivity index (χ1n) is 4.89. The van der Waals surface area contributed by atoms with Crippen LogP contribution in [0, 0.1) is 5.41 Å². The van der Waals surface area contributed by atoms with Gasteiger partial charge in [-0.1, -0.05) is 32.5 Å². The van der Waals surface area contributed by atoms with Crippen LogP contribution in [0.25, 0.3) is 0 Å². The lowest BCUT2D eigenvalue weighted by molar-refractivity contribution is -0.138. The van der Waals surface area contributed by atoms with Crippen molar-refractivity contribution in [3.63, 3.8) is 0 Å². The molecule has 0 heterocycles. The second-order valence-electron chi connectivity index (χ2n) is 4.30. The first-order valence-corrected chi connectivity index (χ1v) is 5.88. The van der Waals surface area contributed by atoms with Gasteiger partial charge in [0.25, 0.3) is 0 Å². The van der Waals surface area contributed by atoms with Crippen molar-refractivity contribution in [2.75, 3.05) is 12.3 Å². The molecule has 1 amide bonds. The van der Waals surface area contributed by atoms with Crippen LogP contribution in [0.4, 0.5) is 0 Å². The molecule has 0 saturated carbocycles. The summed E-state index contributed by atoms with van der Waals surface area (Å²) in [6.07, 6.45) is -0.474. The highest BCUT2D eigenvalue weighted by Gasteiger charge is 2.20. The molecule has 0 rings (SSSR count). The maximum absolute atomic E-state index is 11.4. The molecule has 0 unspecified atom stereocenters. The van der Waals surface area contributed by atoms with E-state index in [9.17, 15) is 14.4 Å². The van der Waals surface area contributed by atoms with Crippen LogP contribution in [0.2, 0.25) is 0 Å². The molecule has 6 heteroatoms. The summed E-state index contributed by atoms with van der Waals surface area (Å²) in [4.78, 5) is 32.5. The maximum atomic E-state index is 11.4. The lowest BCUT2D eigenvalue weighted by atomic mass is 9.96. The maximum Gasteiger partial charge on any atom is 0.311 e. The lowest BCUT2D eigenvalue weighted by Crippen LogP contribution is -2.36. The number of hydrogen-bond acceptors (Lipinski definition) is 4. The molecule has 0 fully saturated rings. The summed E-state index contributed by atoms with van der Waals surface area (Å²) in [5, 5.41) is 10.6. The van der Waals surface area contributed by atoms with E-state index in [1.54, 1.807) is 20.8 Å². The van der Waals surface area contributed by atoms with E-state index in [0.29, 0.717) is 12.3 Å². The molecule has 2 N–H and O–H groups in total. The van der Waals surface area contributed by atoms with Gasteiger partial charge >= 0.3 is 5.97 Å². The number of thioether (sulfide) groups is 1. The van der Waals surface area contributed by atoms with E-state index in [2.05, 4.69) is 5.32 Å². The summed E-state index contributed by atoms with van der Waals surface area (Å²) in [7, 11) is 0.